The molecule has 0 saturated carbocycles. The zero-order valence-corrected chi connectivity index (χ0v) is 20.0. The molecular weight excluding hydrogens is 442 g/mol. The fourth-order valence-electron chi connectivity index (χ4n) is 3.67. The monoisotopic (exact) mass is 469 g/mol. The molecule has 0 aliphatic rings. The van der Waals surface area contributed by atoms with Gasteiger partial charge in [0.05, 0.1) is 43.3 Å². The number of hydrogen-bond donors (Lipinski definition) is 1. The Hall–Kier alpha value is -3.32. The molecule has 0 spiro atoms. The number of benzene rings is 2. The van der Waals surface area contributed by atoms with Gasteiger partial charge in [-0.1, -0.05) is 37.1 Å². The van der Waals surface area contributed by atoms with E-state index in [0.29, 0.717) is 28.5 Å². The molecule has 1 heterocycles. The third-order valence-corrected chi connectivity index (χ3v) is 5.69. The molecule has 174 valence electrons. The van der Waals surface area contributed by atoms with Crippen LogP contribution < -0.4 is 5.32 Å². The lowest BCUT2D eigenvalue weighted by molar-refractivity contribution is 0.0592. The van der Waals surface area contributed by atoms with Crippen molar-refractivity contribution in [1.29, 1.82) is 0 Å². The van der Waals surface area contributed by atoms with Gasteiger partial charge in [0.25, 0.3) is 0 Å². The molecule has 0 radical (unpaired) electrons. The Kier molecular flexibility index (Phi) is 8.11. The Morgan fingerprint density at radius 3 is 2.48 bits per heavy atom. The van der Waals surface area contributed by atoms with Crippen molar-refractivity contribution in [3.63, 3.8) is 0 Å². The van der Waals surface area contributed by atoms with Crippen LogP contribution in [0, 0.1) is 6.92 Å². The van der Waals surface area contributed by atoms with E-state index in [-0.39, 0.29) is 5.97 Å². The van der Waals surface area contributed by atoms with Crippen LogP contribution >= 0.6 is 11.6 Å². The zero-order chi connectivity index (χ0) is 24.0. The first-order valence-electron chi connectivity index (χ1n) is 10.8. The number of ether oxygens (including phenoxy) is 2. The van der Waals surface area contributed by atoms with Gasteiger partial charge < -0.3 is 14.8 Å². The summed E-state index contributed by atoms with van der Waals surface area (Å²) in [6.07, 6.45) is 2.74. The summed E-state index contributed by atoms with van der Waals surface area (Å²) in [5.74, 6) is 0.0326. The maximum absolute atomic E-state index is 12.1. The predicted octanol–water partition coefficient (Wildman–Crippen LogP) is 5.36. The summed E-state index contributed by atoms with van der Waals surface area (Å²) in [7, 11) is 2.71. The first kappa shape index (κ1) is 24.3. The van der Waals surface area contributed by atoms with E-state index in [1.54, 1.807) is 24.3 Å². The molecule has 0 bridgehead atoms. The number of rotatable bonds is 9. The molecule has 1 aromatic heterocycles. The summed E-state index contributed by atoms with van der Waals surface area (Å²) in [6.45, 7) is 4.39. The third kappa shape index (κ3) is 5.37. The van der Waals surface area contributed by atoms with E-state index in [4.69, 9.17) is 21.1 Å². The number of methoxy groups -OCH3 is 2. The fraction of sp³-hybridized carbons (Fsp3) is 0.320. The summed E-state index contributed by atoms with van der Waals surface area (Å²) in [5, 5.41) is 3.69. The molecular formula is C25H28ClN3O4. The highest BCUT2D eigenvalue weighted by atomic mass is 35.5. The predicted molar refractivity (Wildman–Crippen MR) is 128 cm³/mol. The molecule has 3 aromatic rings. The number of halogens is 1. The minimum absolute atomic E-state index is 0.337. The number of aryl methyl sites for hydroxylation is 2. The van der Waals surface area contributed by atoms with Gasteiger partial charge in [-0.05, 0) is 49.2 Å². The second-order valence-corrected chi connectivity index (χ2v) is 7.95. The standard InChI is InChI=1S/C25H28ClN3O4/c1-5-6-11-22-28-23(26)21(15-27-19-10-8-7-9-18(19)25(31)33-4)29(22)20-13-12-17(14-16(20)2)24(30)32-3/h7-10,12-14,27H,5-6,11,15H2,1-4H3. The Labute approximate surface area is 198 Å². The molecule has 33 heavy (non-hydrogen) atoms. The first-order chi connectivity index (χ1) is 15.9. The number of aromatic nitrogens is 2. The van der Waals surface area contributed by atoms with Gasteiger partial charge in [0.2, 0.25) is 0 Å². The van der Waals surface area contributed by atoms with Crippen LogP contribution in [-0.2, 0) is 22.4 Å². The molecule has 0 aliphatic heterocycles. The smallest absolute Gasteiger partial charge is 0.339 e. The van der Waals surface area contributed by atoms with Crippen molar-refractivity contribution >= 4 is 29.2 Å². The number of unbranched alkanes of at least 4 members (excludes halogenated alkanes) is 1. The maximum atomic E-state index is 12.1. The molecule has 1 N–H and O–H groups in total. The number of carbonyl (C=O) groups excluding carboxylic acids is 2. The van der Waals surface area contributed by atoms with E-state index in [1.165, 1.54) is 14.2 Å². The molecule has 3 rings (SSSR count). The quantitative estimate of drug-likeness (QED) is 0.425. The number of esters is 2. The van der Waals surface area contributed by atoms with Crippen LogP contribution in [0.4, 0.5) is 5.69 Å². The normalized spacial score (nSPS) is 10.7. The highest BCUT2D eigenvalue weighted by Crippen LogP contribution is 2.28. The van der Waals surface area contributed by atoms with Crippen LogP contribution in [0.25, 0.3) is 5.69 Å². The van der Waals surface area contributed by atoms with E-state index < -0.39 is 5.97 Å². The Morgan fingerprint density at radius 1 is 1.09 bits per heavy atom. The summed E-state index contributed by atoms with van der Waals surface area (Å²) in [4.78, 5) is 28.7. The number of carbonyl (C=O) groups is 2. The van der Waals surface area contributed by atoms with Crippen molar-refractivity contribution in [1.82, 2.24) is 9.55 Å². The van der Waals surface area contributed by atoms with Gasteiger partial charge in [-0.2, -0.15) is 0 Å². The van der Waals surface area contributed by atoms with Crippen molar-refractivity contribution in [3.8, 4) is 5.69 Å². The second kappa shape index (κ2) is 11.0. The van der Waals surface area contributed by atoms with Crippen LogP contribution in [0.2, 0.25) is 5.15 Å². The van der Waals surface area contributed by atoms with Gasteiger partial charge in [0.15, 0.2) is 5.15 Å². The van der Waals surface area contributed by atoms with Crippen LogP contribution in [0.15, 0.2) is 42.5 Å². The molecule has 8 heteroatoms. The molecule has 0 amide bonds. The van der Waals surface area contributed by atoms with Crippen molar-refractivity contribution in [2.75, 3.05) is 19.5 Å². The fourth-order valence-corrected chi connectivity index (χ4v) is 3.92. The van der Waals surface area contributed by atoms with Crippen LogP contribution in [-0.4, -0.2) is 35.7 Å². The van der Waals surface area contributed by atoms with Gasteiger partial charge in [-0.3, -0.25) is 4.57 Å². The number of imidazole rings is 1. The van der Waals surface area contributed by atoms with Crippen LogP contribution in [0.3, 0.4) is 0 Å². The summed E-state index contributed by atoms with van der Waals surface area (Å²) in [6, 6.07) is 12.5. The molecule has 2 aromatic carbocycles. The third-order valence-electron chi connectivity index (χ3n) is 5.38. The molecule has 0 saturated heterocycles. The molecule has 7 nitrogen and oxygen atoms in total. The second-order valence-electron chi connectivity index (χ2n) is 7.59. The Bertz CT molecular complexity index is 1160. The van der Waals surface area contributed by atoms with Gasteiger partial charge in [-0.25, -0.2) is 14.6 Å². The maximum Gasteiger partial charge on any atom is 0.339 e. The average molecular weight is 470 g/mol. The van der Waals surface area contributed by atoms with Gasteiger partial charge in [0.1, 0.15) is 5.82 Å². The molecule has 0 aliphatic carbocycles. The van der Waals surface area contributed by atoms with Crippen LogP contribution in [0.1, 0.15) is 57.6 Å². The number of hydrogen-bond acceptors (Lipinski definition) is 6. The van der Waals surface area contributed by atoms with Crippen molar-refractivity contribution < 1.29 is 19.1 Å². The molecule has 0 fully saturated rings. The zero-order valence-electron chi connectivity index (χ0n) is 19.3. The topological polar surface area (TPSA) is 82.5 Å². The van der Waals surface area contributed by atoms with E-state index in [2.05, 4.69) is 17.2 Å². The molecule has 0 unspecified atom stereocenters. The summed E-state index contributed by atoms with van der Waals surface area (Å²) >= 11 is 6.59. The SMILES string of the molecule is CCCCc1nc(Cl)c(CNc2ccccc2C(=O)OC)n1-c1ccc(C(=O)OC)cc1C. The van der Waals surface area contributed by atoms with Crippen LogP contribution in [0.5, 0.6) is 0 Å². The van der Waals surface area contributed by atoms with Gasteiger partial charge >= 0.3 is 11.9 Å². The largest absolute Gasteiger partial charge is 0.465 e. The highest BCUT2D eigenvalue weighted by Gasteiger charge is 2.20. The van der Waals surface area contributed by atoms with Gasteiger partial charge in [0, 0.05) is 12.1 Å². The number of anilines is 1. The number of nitrogens with one attached hydrogen (secondary N) is 1. The Morgan fingerprint density at radius 2 is 1.82 bits per heavy atom. The minimum Gasteiger partial charge on any atom is -0.465 e. The lowest BCUT2D eigenvalue weighted by atomic mass is 10.1. The minimum atomic E-state index is -0.421. The summed E-state index contributed by atoms with van der Waals surface area (Å²) in [5.41, 5.74) is 4.09. The highest BCUT2D eigenvalue weighted by molar-refractivity contribution is 6.30. The average Bonchev–Trinajstić information content (AvgIpc) is 3.14. The summed E-state index contributed by atoms with van der Waals surface area (Å²) < 4.78 is 11.8. The van der Waals surface area contributed by atoms with E-state index >= 15 is 0 Å². The van der Waals surface area contributed by atoms with E-state index in [0.717, 1.165) is 42.0 Å². The van der Waals surface area contributed by atoms with Crippen molar-refractivity contribution in [2.24, 2.45) is 0 Å². The van der Waals surface area contributed by atoms with E-state index in [1.807, 2.05) is 29.7 Å². The first-order valence-corrected chi connectivity index (χ1v) is 11.2. The number of para-hydroxylation sites is 1. The van der Waals surface area contributed by atoms with Gasteiger partial charge in [-0.15, -0.1) is 0 Å². The lowest BCUT2D eigenvalue weighted by Crippen LogP contribution is -2.13. The van der Waals surface area contributed by atoms with Crippen molar-refractivity contribution in [3.05, 3.63) is 75.8 Å². The Balaban J connectivity index is 2.03. The lowest BCUT2D eigenvalue weighted by Gasteiger charge is -2.17. The number of nitrogens with zero attached hydrogens (tertiary/aromatic N) is 2. The van der Waals surface area contributed by atoms with Crippen molar-refractivity contribution in [2.45, 2.75) is 39.7 Å². The molecule has 0 atom stereocenters. The van der Waals surface area contributed by atoms with E-state index in [9.17, 15) is 9.59 Å².